The van der Waals surface area contributed by atoms with Crippen LogP contribution in [0.3, 0.4) is 0 Å². The molecule has 0 aromatic heterocycles. The van der Waals surface area contributed by atoms with Gasteiger partial charge in [-0.05, 0) is 0 Å². The van der Waals surface area contributed by atoms with E-state index in [0.717, 1.165) is 0 Å². The molecule has 0 aromatic carbocycles. The monoisotopic (exact) mass is 695 g/mol. The second kappa shape index (κ2) is 24.0. The summed E-state index contributed by atoms with van der Waals surface area (Å²) in [4.78, 5) is 83.6. The summed E-state index contributed by atoms with van der Waals surface area (Å²) >= 11 is 0. The molecule has 201 valence electrons. The smallest absolute Gasteiger partial charge is 1.00 e. The summed E-state index contributed by atoms with van der Waals surface area (Å²) in [5.41, 5.74) is 0. The van der Waals surface area contributed by atoms with Gasteiger partial charge in [0.15, 0.2) is 0 Å². The van der Waals surface area contributed by atoms with E-state index < -0.39 is 47.4 Å². The van der Waals surface area contributed by atoms with Gasteiger partial charge in [-0.2, -0.15) is 0 Å². The number of hydrogen-bond acceptors (Lipinski definition) is 6. The van der Waals surface area contributed by atoms with Crippen molar-refractivity contribution in [3.05, 3.63) is 0 Å². The molecule has 18 nitrogen and oxygen atoms in total. The van der Waals surface area contributed by atoms with Crippen LogP contribution in [0.5, 0.6) is 0 Å². The molecular formula is H13F6KMnO18P6. The molecule has 0 fully saturated rings. The molecule has 0 saturated carbocycles. The molecule has 0 amide bonds. The molecule has 0 unspecified atom stereocenters. The van der Waals surface area contributed by atoms with Gasteiger partial charge in [0.1, 0.15) is 0 Å². The summed E-state index contributed by atoms with van der Waals surface area (Å²) in [7, 11) is -30.8. The fourth-order valence-electron chi connectivity index (χ4n) is 0. The van der Waals surface area contributed by atoms with Gasteiger partial charge in [-0.1, -0.05) is 0 Å². The first kappa shape index (κ1) is 55.2. The van der Waals surface area contributed by atoms with Crippen LogP contribution in [-0.2, 0) is 44.5 Å². The Morgan fingerprint density at radius 3 is 0.344 bits per heavy atom. The van der Waals surface area contributed by atoms with Crippen molar-refractivity contribution >= 4 is 47.4 Å². The molecule has 32 heteroatoms. The molecule has 0 aliphatic rings. The number of hydrogen-bond donors (Lipinski definition) is 12. The van der Waals surface area contributed by atoms with E-state index >= 15 is 0 Å². The predicted octanol–water partition coefficient (Wildman–Crippen LogP) is -2.59. The maximum absolute atomic E-state index is 10.4. The summed E-state index contributed by atoms with van der Waals surface area (Å²) in [6, 6.07) is 0. The summed E-state index contributed by atoms with van der Waals surface area (Å²) < 4.78 is 114. The first-order chi connectivity index (χ1) is 12.0. The average Bonchev–Trinajstić information content (AvgIpc) is 1.94. The van der Waals surface area contributed by atoms with E-state index in [1.165, 1.54) is 0 Å². The summed E-state index contributed by atoms with van der Waals surface area (Å²) in [6.45, 7) is 0. The van der Waals surface area contributed by atoms with Crippen molar-refractivity contribution in [1.29, 1.82) is 0 Å². The van der Waals surface area contributed by atoms with E-state index in [0.29, 0.717) is 0 Å². The zero-order chi connectivity index (χ0) is 27.0. The van der Waals surface area contributed by atoms with Gasteiger partial charge in [0.25, 0.3) is 0 Å². The van der Waals surface area contributed by atoms with E-state index in [-0.39, 0.29) is 69.9 Å². The van der Waals surface area contributed by atoms with Crippen LogP contribution in [0.1, 0.15) is 1.43 Å². The molecule has 0 saturated heterocycles. The number of rotatable bonds is 0. The first-order valence-corrected chi connectivity index (χ1v) is 13.5. The molecule has 0 bridgehead atoms. The molecule has 12 N–H and O–H groups in total. The Labute approximate surface area is 226 Å². The third kappa shape index (κ3) is 4700. The minimum absolute atomic E-state index is 0. The molecule has 0 spiro atoms. The maximum atomic E-state index is 10.4. The molecule has 32 heavy (non-hydrogen) atoms. The average molecular weight is 695 g/mol. The third-order valence-corrected chi connectivity index (χ3v) is 0. The quantitative estimate of drug-likeness (QED) is 0.0702. The maximum Gasteiger partial charge on any atom is 1.00 e. The first-order valence-electron chi connectivity index (χ1n) is 4.51. The van der Waals surface area contributed by atoms with Gasteiger partial charge in [0.05, 0.1) is 0 Å². The SMILES string of the molecule is O=P(O)(O)F.O=P(O)(O)F.O=P(O)(O)F.O=P(O)(O)F.O=P(O)(O)F.O=P(O)(O)F.[H-].[K+].[Mn]. The Balaban J connectivity index is -0.0000000294. The van der Waals surface area contributed by atoms with Crippen LogP contribution in [0.15, 0.2) is 0 Å². The fraction of sp³-hybridized carbons (Fsp3) is 0. The van der Waals surface area contributed by atoms with Crippen molar-refractivity contribution in [2.45, 2.75) is 0 Å². The van der Waals surface area contributed by atoms with Gasteiger partial charge in [0.2, 0.25) is 0 Å². The van der Waals surface area contributed by atoms with Crippen LogP contribution >= 0.6 is 47.4 Å². The second-order valence-corrected chi connectivity index (χ2v) is 8.51. The van der Waals surface area contributed by atoms with Crippen molar-refractivity contribution in [3.8, 4) is 0 Å². The minimum Gasteiger partial charge on any atom is -1.00 e. The molecule has 1 radical (unpaired) electrons. The van der Waals surface area contributed by atoms with Crippen LogP contribution < -0.4 is 51.4 Å². The zero-order valence-electron chi connectivity index (χ0n) is 15.1. The topological polar surface area (TPSA) is 345 Å². The van der Waals surface area contributed by atoms with Crippen molar-refractivity contribution in [1.82, 2.24) is 0 Å². The molecule has 0 aliphatic heterocycles. The van der Waals surface area contributed by atoms with Crippen LogP contribution in [-0.4, -0.2) is 58.7 Å². The van der Waals surface area contributed by atoms with E-state index in [4.69, 9.17) is 86.1 Å². The second-order valence-electron chi connectivity index (χ2n) is 2.84. The van der Waals surface area contributed by atoms with Crippen molar-refractivity contribution in [3.63, 3.8) is 0 Å². The third-order valence-electron chi connectivity index (χ3n) is 0. The van der Waals surface area contributed by atoms with Crippen molar-refractivity contribution < 1.29 is 181 Å². The molecule has 0 heterocycles. The van der Waals surface area contributed by atoms with Crippen molar-refractivity contribution in [2.24, 2.45) is 0 Å². The van der Waals surface area contributed by atoms with Crippen LogP contribution in [0.4, 0.5) is 25.2 Å². The van der Waals surface area contributed by atoms with E-state index in [2.05, 4.69) is 0 Å². The van der Waals surface area contributed by atoms with Crippen molar-refractivity contribution in [2.75, 3.05) is 0 Å². The molecular weight excluding hydrogens is 682 g/mol. The molecule has 0 atom stereocenters. The van der Waals surface area contributed by atoms with Gasteiger partial charge in [-0.3, -0.25) is 58.7 Å². The normalized spacial score (nSPS) is 11.1. The van der Waals surface area contributed by atoms with E-state index in [1.54, 1.807) is 0 Å². The van der Waals surface area contributed by atoms with E-state index in [1.807, 2.05) is 0 Å². The van der Waals surface area contributed by atoms with Gasteiger partial charge in [-0.25, -0.2) is 27.4 Å². The van der Waals surface area contributed by atoms with Gasteiger partial charge in [0, 0.05) is 17.1 Å². The molecule has 0 rings (SSSR count). The zero-order valence-corrected chi connectivity index (χ0v) is 23.8. The summed E-state index contributed by atoms with van der Waals surface area (Å²) in [5, 5.41) is 0. The minimum atomic E-state index is -5.14. The van der Waals surface area contributed by atoms with Gasteiger partial charge in [-0.15, -0.1) is 25.2 Å². The Morgan fingerprint density at radius 2 is 0.344 bits per heavy atom. The van der Waals surface area contributed by atoms with Crippen LogP contribution in [0, 0.1) is 0 Å². The molecule has 0 aliphatic carbocycles. The van der Waals surface area contributed by atoms with Crippen LogP contribution in [0.2, 0.25) is 0 Å². The summed E-state index contributed by atoms with van der Waals surface area (Å²) in [5.74, 6) is 0. The van der Waals surface area contributed by atoms with Gasteiger partial charge < -0.3 is 1.43 Å². The number of halogens is 6. The largest absolute Gasteiger partial charge is 1.00 e. The van der Waals surface area contributed by atoms with E-state index in [9.17, 15) is 25.2 Å². The Bertz CT molecular complexity index is 493. The van der Waals surface area contributed by atoms with Crippen LogP contribution in [0.25, 0.3) is 0 Å². The predicted molar refractivity (Wildman–Crippen MR) is 80.0 cm³/mol. The standard InChI is InChI=1S/6FH2O3P.K.Mn.H/c6*1-5(2,3)4;;;/h6*(H2,2,3,4);;;/q;;;;;;+1;;-1. The fourth-order valence-corrected chi connectivity index (χ4v) is 0. The Hall–Kier alpha value is 2.64. The molecule has 0 aromatic rings. The Kier molecular flexibility index (Phi) is 41.4. The van der Waals surface area contributed by atoms with Gasteiger partial charge >= 0.3 is 98.8 Å². The summed E-state index contributed by atoms with van der Waals surface area (Å²) in [6.07, 6.45) is 0. The Morgan fingerprint density at radius 1 is 0.344 bits per heavy atom.